The summed E-state index contributed by atoms with van der Waals surface area (Å²) in [5.41, 5.74) is 5.12. The van der Waals surface area contributed by atoms with Crippen molar-refractivity contribution in [3.63, 3.8) is 0 Å². The van der Waals surface area contributed by atoms with Crippen molar-refractivity contribution in [2.45, 2.75) is 48.5 Å². The molecule has 172 valence electrons. The van der Waals surface area contributed by atoms with Gasteiger partial charge in [-0.2, -0.15) is 0 Å². The normalized spacial score (nSPS) is 18.0. The topological polar surface area (TPSA) is 89.7 Å². The lowest BCUT2D eigenvalue weighted by Gasteiger charge is -2.32. The van der Waals surface area contributed by atoms with E-state index in [0.29, 0.717) is 50.1 Å². The van der Waals surface area contributed by atoms with Crippen LogP contribution in [0.4, 0.5) is 8.78 Å². The predicted molar refractivity (Wildman–Crippen MR) is 115 cm³/mol. The number of benzene rings is 2. The Balaban J connectivity index is 1.48. The molecule has 1 saturated heterocycles. The first-order valence-corrected chi connectivity index (χ1v) is 12.3. The van der Waals surface area contributed by atoms with Gasteiger partial charge in [-0.05, 0) is 61.6 Å². The molecule has 2 aromatic carbocycles. The summed E-state index contributed by atoms with van der Waals surface area (Å²) in [6, 6.07) is 6.14. The molecule has 1 aliphatic carbocycles. The number of sulfone groups is 1. The molecule has 0 bridgehead atoms. The van der Waals surface area contributed by atoms with Gasteiger partial charge in [0.05, 0.1) is 20.7 Å². The number of carbonyl (C=O) groups excluding carboxylic acids is 1. The number of primary amides is 1. The van der Waals surface area contributed by atoms with Crippen molar-refractivity contribution in [1.82, 2.24) is 4.90 Å². The van der Waals surface area contributed by atoms with Crippen molar-refractivity contribution < 1.29 is 26.7 Å². The van der Waals surface area contributed by atoms with Crippen LogP contribution in [-0.4, -0.2) is 43.7 Å². The Labute approximate surface area is 190 Å². The number of rotatable bonds is 7. The highest BCUT2D eigenvalue weighted by molar-refractivity contribution is 7.92. The number of piperidine rings is 1. The lowest BCUT2D eigenvalue weighted by molar-refractivity contribution is 0.0960. The highest BCUT2D eigenvalue weighted by atomic mass is 35.5. The highest BCUT2D eigenvalue weighted by Crippen LogP contribution is 2.36. The fourth-order valence-corrected chi connectivity index (χ4v) is 6.00. The van der Waals surface area contributed by atoms with Gasteiger partial charge < -0.3 is 10.5 Å². The van der Waals surface area contributed by atoms with Gasteiger partial charge in [-0.15, -0.1) is 0 Å². The maximum Gasteiger partial charge on any atom is 0.251 e. The summed E-state index contributed by atoms with van der Waals surface area (Å²) in [7, 11) is -3.65. The average molecular weight is 485 g/mol. The van der Waals surface area contributed by atoms with Crippen LogP contribution in [0.1, 0.15) is 41.6 Å². The van der Waals surface area contributed by atoms with Crippen LogP contribution >= 0.6 is 11.6 Å². The maximum atomic E-state index is 14.4. The van der Waals surface area contributed by atoms with Gasteiger partial charge in [-0.3, -0.25) is 9.69 Å². The van der Waals surface area contributed by atoms with Crippen molar-refractivity contribution in [2.24, 2.45) is 5.73 Å². The summed E-state index contributed by atoms with van der Waals surface area (Å²) in [4.78, 5) is 13.5. The quantitative estimate of drug-likeness (QED) is 0.605. The second-order valence-electron chi connectivity index (χ2n) is 8.22. The van der Waals surface area contributed by atoms with Crippen LogP contribution in [0, 0.1) is 11.6 Å². The zero-order valence-electron chi connectivity index (χ0n) is 17.2. The van der Waals surface area contributed by atoms with Crippen LogP contribution in [-0.2, 0) is 16.4 Å². The molecule has 0 atom stereocenters. The number of nitrogens with two attached hydrogens (primary N) is 1. The fourth-order valence-electron chi connectivity index (χ4n) is 3.91. The molecule has 0 radical (unpaired) electrons. The molecule has 0 aromatic heterocycles. The van der Waals surface area contributed by atoms with Gasteiger partial charge in [0, 0.05) is 19.6 Å². The minimum atomic E-state index is -3.65. The van der Waals surface area contributed by atoms with Crippen molar-refractivity contribution in [2.75, 3.05) is 13.1 Å². The third-order valence-electron chi connectivity index (χ3n) is 5.80. The van der Waals surface area contributed by atoms with Crippen LogP contribution < -0.4 is 10.5 Å². The van der Waals surface area contributed by atoms with Crippen LogP contribution in [0.25, 0.3) is 0 Å². The van der Waals surface area contributed by atoms with Crippen LogP contribution in [0.3, 0.4) is 0 Å². The van der Waals surface area contributed by atoms with Crippen molar-refractivity contribution >= 4 is 27.3 Å². The number of halogens is 3. The van der Waals surface area contributed by atoms with Gasteiger partial charge in [-0.25, -0.2) is 17.2 Å². The molecular weight excluding hydrogens is 462 g/mol. The summed E-state index contributed by atoms with van der Waals surface area (Å²) < 4.78 is 59.3. The zero-order valence-corrected chi connectivity index (χ0v) is 18.8. The highest BCUT2D eigenvalue weighted by Gasteiger charge is 2.39. The Morgan fingerprint density at radius 2 is 1.81 bits per heavy atom. The van der Waals surface area contributed by atoms with Crippen LogP contribution in [0.2, 0.25) is 5.02 Å². The second-order valence-corrected chi connectivity index (χ2v) is 10.8. The number of likely N-dealkylation sites (tertiary alicyclic amines) is 1. The molecule has 6 nitrogen and oxygen atoms in total. The Bertz CT molecular complexity index is 1150. The molecule has 1 heterocycles. The average Bonchev–Trinajstić information content (AvgIpc) is 3.57. The molecule has 0 unspecified atom stereocenters. The third-order valence-corrected chi connectivity index (χ3v) is 8.44. The first kappa shape index (κ1) is 22.9. The van der Waals surface area contributed by atoms with E-state index in [-0.39, 0.29) is 22.6 Å². The van der Waals surface area contributed by atoms with Gasteiger partial charge in [-0.1, -0.05) is 11.6 Å². The third kappa shape index (κ3) is 4.89. The van der Waals surface area contributed by atoms with Crippen LogP contribution in [0.15, 0.2) is 35.2 Å². The number of carbonyl (C=O) groups is 1. The van der Waals surface area contributed by atoms with E-state index < -0.39 is 38.2 Å². The summed E-state index contributed by atoms with van der Waals surface area (Å²) in [5.74, 6) is -1.86. The van der Waals surface area contributed by atoms with E-state index in [1.807, 2.05) is 4.90 Å². The van der Waals surface area contributed by atoms with Gasteiger partial charge in [0.25, 0.3) is 5.91 Å². The number of ether oxygens (including phenoxy) is 1. The molecule has 2 N–H and O–H groups in total. The van der Waals surface area contributed by atoms with E-state index >= 15 is 0 Å². The molecule has 1 amide bonds. The second kappa shape index (κ2) is 8.96. The Hall–Kier alpha value is -2.23. The van der Waals surface area contributed by atoms with Crippen molar-refractivity contribution in [1.29, 1.82) is 0 Å². The number of hydrogen-bond donors (Lipinski definition) is 1. The molecule has 0 spiro atoms. The van der Waals surface area contributed by atoms with Crippen LogP contribution in [0.5, 0.6) is 5.75 Å². The number of nitrogens with zero attached hydrogens (tertiary/aromatic N) is 1. The molecule has 4 rings (SSSR count). The molecule has 10 heteroatoms. The van der Waals surface area contributed by atoms with E-state index in [1.54, 1.807) is 0 Å². The Morgan fingerprint density at radius 3 is 2.41 bits per heavy atom. The maximum absolute atomic E-state index is 14.4. The van der Waals surface area contributed by atoms with E-state index in [1.165, 1.54) is 18.2 Å². The largest absolute Gasteiger partial charge is 0.489 e. The van der Waals surface area contributed by atoms with E-state index in [9.17, 15) is 22.0 Å². The predicted octanol–water partition coefficient (Wildman–Crippen LogP) is 3.70. The first-order chi connectivity index (χ1) is 15.1. The fraction of sp³-hybridized carbons (Fsp3) is 0.409. The molecule has 1 aliphatic heterocycles. The molecular formula is C22H23ClF2N2O4S. The lowest BCUT2D eigenvalue weighted by atomic mass is 10.1. The summed E-state index contributed by atoms with van der Waals surface area (Å²) >= 11 is 6.02. The number of amides is 1. The van der Waals surface area contributed by atoms with Crippen molar-refractivity contribution in [3.05, 3.63) is 58.1 Å². The SMILES string of the molecule is NC(=O)c1cc(S(=O)(=O)C2CC2)c(CN2CCC(Oc3ccc(F)cc3Cl)CC2)cc1F. The smallest absolute Gasteiger partial charge is 0.251 e. The van der Waals surface area contributed by atoms with E-state index in [2.05, 4.69) is 0 Å². The van der Waals surface area contributed by atoms with E-state index in [0.717, 1.165) is 12.1 Å². The molecule has 2 aliphatic rings. The molecule has 1 saturated carbocycles. The molecule has 2 aromatic rings. The van der Waals surface area contributed by atoms with Gasteiger partial charge >= 0.3 is 0 Å². The van der Waals surface area contributed by atoms with Gasteiger partial charge in [0.1, 0.15) is 23.5 Å². The minimum absolute atomic E-state index is 0.0216. The molecule has 2 fully saturated rings. The number of hydrogen-bond acceptors (Lipinski definition) is 5. The molecule has 32 heavy (non-hydrogen) atoms. The van der Waals surface area contributed by atoms with Gasteiger partial charge in [0.15, 0.2) is 9.84 Å². The zero-order chi connectivity index (χ0) is 23.0. The monoisotopic (exact) mass is 484 g/mol. The summed E-state index contributed by atoms with van der Waals surface area (Å²) in [6.45, 7) is 1.40. The minimum Gasteiger partial charge on any atom is -0.489 e. The lowest BCUT2D eigenvalue weighted by Crippen LogP contribution is -2.38. The van der Waals surface area contributed by atoms with E-state index in [4.69, 9.17) is 22.1 Å². The summed E-state index contributed by atoms with van der Waals surface area (Å²) in [6.07, 6.45) is 2.26. The Kier molecular flexibility index (Phi) is 6.42. The van der Waals surface area contributed by atoms with Crippen molar-refractivity contribution in [3.8, 4) is 5.75 Å². The summed E-state index contributed by atoms with van der Waals surface area (Å²) in [5, 5.41) is -0.292. The Morgan fingerprint density at radius 1 is 1.12 bits per heavy atom. The standard InChI is InChI=1S/C22H23ClF2N2O4S/c23-18-10-14(24)1-4-20(18)31-15-5-7-27(8-6-15)12-13-9-19(25)17(22(26)28)11-21(13)32(29,30)16-2-3-16/h1,4,9-11,15-16H,2-3,5-8,12H2,(H2,26,28). The first-order valence-electron chi connectivity index (χ1n) is 10.4. The van der Waals surface area contributed by atoms with Gasteiger partial charge in [0.2, 0.25) is 0 Å².